The number of methoxy groups -OCH3 is 3. The summed E-state index contributed by atoms with van der Waals surface area (Å²) < 4.78 is 17.8. The van der Waals surface area contributed by atoms with Crippen molar-refractivity contribution in [3.63, 3.8) is 0 Å². The van der Waals surface area contributed by atoms with Gasteiger partial charge in [-0.3, -0.25) is 0 Å². The van der Waals surface area contributed by atoms with Gasteiger partial charge in [-0.15, -0.1) is 0 Å². The van der Waals surface area contributed by atoms with Crippen molar-refractivity contribution in [1.29, 1.82) is 0 Å². The van der Waals surface area contributed by atoms with Crippen molar-refractivity contribution in [3.05, 3.63) is 83.7 Å². The molecule has 154 valence electrons. The fraction of sp³-hybridized carbons (Fsp3) is 0.174. The summed E-state index contributed by atoms with van der Waals surface area (Å²) in [6, 6.07) is 16.3. The molecule has 0 saturated heterocycles. The number of hydrogen-bond acceptors (Lipinski definition) is 6. The van der Waals surface area contributed by atoms with Gasteiger partial charge in [0, 0.05) is 11.6 Å². The number of carbonyl (C=O) groups is 1. The Hall–Kier alpha value is -3.87. The molecule has 0 amide bonds. The molecule has 0 saturated carbocycles. The van der Waals surface area contributed by atoms with Gasteiger partial charge in [0.1, 0.15) is 12.8 Å². The zero-order valence-corrected chi connectivity index (χ0v) is 17.3. The molecular weight excluding hydrogens is 384 g/mol. The number of aryl methyl sites for hydroxylation is 1. The summed E-state index contributed by atoms with van der Waals surface area (Å²) in [6.45, 7) is 0. The van der Waals surface area contributed by atoms with Crippen molar-refractivity contribution in [1.82, 2.24) is 0 Å². The van der Waals surface area contributed by atoms with E-state index in [2.05, 4.69) is 5.16 Å². The van der Waals surface area contributed by atoms with Crippen molar-refractivity contribution in [2.45, 2.75) is 0 Å². The van der Waals surface area contributed by atoms with Crippen LogP contribution in [0.1, 0.15) is 21.5 Å². The molecule has 3 aromatic rings. The summed E-state index contributed by atoms with van der Waals surface area (Å²) in [6.07, 6.45) is 3.81. The summed E-state index contributed by atoms with van der Waals surface area (Å²) in [4.78, 5) is 18.0. The van der Waals surface area contributed by atoms with Gasteiger partial charge in [-0.25, -0.2) is 9.36 Å². The number of pyridine rings is 1. The minimum atomic E-state index is -0.650. The van der Waals surface area contributed by atoms with E-state index in [0.29, 0.717) is 23.0 Å². The molecule has 0 bridgehead atoms. The Morgan fingerprint density at radius 3 is 2.03 bits per heavy atom. The van der Waals surface area contributed by atoms with E-state index in [0.717, 1.165) is 11.1 Å². The van der Waals surface area contributed by atoms with Gasteiger partial charge in [-0.1, -0.05) is 35.5 Å². The van der Waals surface area contributed by atoms with Gasteiger partial charge in [0.15, 0.2) is 23.9 Å². The molecule has 1 aromatic heterocycles. The smallest absolute Gasteiger partial charge is 0.366 e. The first-order valence-electron chi connectivity index (χ1n) is 9.17. The molecule has 0 spiro atoms. The van der Waals surface area contributed by atoms with Crippen LogP contribution >= 0.6 is 0 Å². The van der Waals surface area contributed by atoms with Crippen LogP contribution < -0.4 is 18.8 Å². The number of rotatable bonds is 7. The second-order valence-electron chi connectivity index (χ2n) is 6.36. The Bertz CT molecular complexity index is 1040. The van der Waals surface area contributed by atoms with Gasteiger partial charge < -0.3 is 19.0 Å². The Morgan fingerprint density at radius 2 is 1.47 bits per heavy atom. The molecule has 0 N–H and O–H groups in total. The maximum atomic E-state index is 12.7. The average Bonchev–Trinajstić information content (AvgIpc) is 2.78. The molecule has 0 aliphatic carbocycles. The first-order chi connectivity index (χ1) is 14.6. The zero-order chi connectivity index (χ0) is 21.5. The molecule has 30 heavy (non-hydrogen) atoms. The SMILES string of the molecule is COc1cc(C(=O)O/N=C(\c2ccccc2)c2ccc[n+](C)c2)cc(OC)c1OC. The lowest BCUT2D eigenvalue weighted by Crippen LogP contribution is -2.28. The Morgan fingerprint density at radius 1 is 0.833 bits per heavy atom. The summed E-state index contributed by atoms with van der Waals surface area (Å²) in [5.41, 5.74) is 2.39. The van der Waals surface area contributed by atoms with Gasteiger partial charge in [0.05, 0.1) is 32.5 Å². The van der Waals surface area contributed by atoms with Crippen LogP contribution in [0.3, 0.4) is 0 Å². The van der Waals surface area contributed by atoms with Crippen LogP contribution in [-0.2, 0) is 11.9 Å². The van der Waals surface area contributed by atoms with Gasteiger partial charge >= 0.3 is 5.97 Å². The fourth-order valence-electron chi connectivity index (χ4n) is 2.93. The average molecular weight is 407 g/mol. The Balaban J connectivity index is 1.97. The predicted molar refractivity (Wildman–Crippen MR) is 111 cm³/mol. The van der Waals surface area contributed by atoms with Gasteiger partial charge in [0.2, 0.25) is 5.75 Å². The van der Waals surface area contributed by atoms with E-state index < -0.39 is 5.97 Å². The van der Waals surface area contributed by atoms with Crippen molar-refractivity contribution in [2.75, 3.05) is 21.3 Å². The minimum Gasteiger partial charge on any atom is -0.493 e. The molecule has 0 unspecified atom stereocenters. The second kappa shape index (κ2) is 9.56. The molecule has 7 nitrogen and oxygen atoms in total. The molecule has 0 fully saturated rings. The van der Waals surface area contributed by atoms with E-state index in [1.807, 2.05) is 66.5 Å². The molecule has 0 radical (unpaired) electrons. The Kier molecular flexibility index (Phi) is 6.64. The highest BCUT2D eigenvalue weighted by Crippen LogP contribution is 2.38. The lowest BCUT2D eigenvalue weighted by molar-refractivity contribution is -0.671. The van der Waals surface area contributed by atoms with E-state index >= 15 is 0 Å². The first kappa shape index (κ1) is 20.9. The predicted octanol–water partition coefficient (Wildman–Crippen LogP) is 3.15. The van der Waals surface area contributed by atoms with Crippen LogP contribution in [0.25, 0.3) is 0 Å². The van der Waals surface area contributed by atoms with Crippen LogP contribution in [0.4, 0.5) is 0 Å². The lowest BCUT2D eigenvalue weighted by Gasteiger charge is -2.13. The highest BCUT2D eigenvalue weighted by Gasteiger charge is 2.19. The van der Waals surface area contributed by atoms with E-state index in [-0.39, 0.29) is 5.56 Å². The number of nitrogens with zero attached hydrogens (tertiary/aromatic N) is 2. The number of oxime groups is 1. The largest absolute Gasteiger partial charge is 0.493 e. The second-order valence-corrected chi connectivity index (χ2v) is 6.36. The molecule has 3 rings (SSSR count). The van der Waals surface area contributed by atoms with Crippen LogP contribution in [0.2, 0.25) is 0 Å². The summed E-state index contributed by atoms with van der Waals surface area (Å²) in [5, 5.41) is 4.18. The fourth-order valence-corrected chi connectivity index (χ4v) is 2.93. The maximum Gasteiger partial charge on any atom is 0.366 e. The molecule has 0 aliphatic heterocycles. The monoisotopic (exact) mass is 407 g/mol. The van der Waals surface area contributed by atoms with E-state index in [9.17, 15) is 4.79 Å². The summed E-state index contributed by atoms with van der Waals surface area (Å²) >= 11 is 0. The van der Waals surface area contributed by atoms with E-state index in [4.69, 9.17) is 19.0 Å². The molecule has 1 heterocycles. The van der Waals surface area contributed by atoms with Crippen LogP contribution in [0, 0.1) is 0 Å². The minimum absolute atomic E-state index is 0.222. The lowest BCUT2D eigenvalue weighted by atomic mass is 10.0. The van der Waals surface area contributed by atoms with Gasteiger partial charge in [-0.05, 0) is 18.2 Å². The first-order valence-corrected chi connectivity index (χ1v) is 9.17. The van der Waals surface area contributed by atoms with Crippen LogP contribution in [0.5, 0.6) is 17.2 Å². The third-order valence-corrected chi connectivity index (χ3v) is 4.38. The van der Waals surface area contributed by atoms with Crippen molar-refractivity contribution < 1.29 is 28.4 Å². The topological polar surface area (TPSA) is 70.2 Å². The highest BCUT2D eigenvalue weighted by atomic mass is 16.7. The molecule has 7 heteroatoms. The highest BCUT2D eigenvalue weighted by molar-refractivity contribution is 6.12. The normalized spacial score (nSPS) is 11.0. The maximum absolute atomic E-state index is 12.7. The number of hydrogen-bond donors (Lipinski definition) is 0. The zero-order valence-electron chi connectivity index (χ0n) is 17.3. The Labute approximate surface area is 175 Å². The van der Waals surface area contributed by atoms with E-state index in [1.54, 1.807) is 0 Å². The molecular formula is C23H23N2O5+. The number of carbonyl (C=O) groups excluding carboxylic acids is 1. The summed E-state index contributed by atoms with van der Waals surface area (Å²) in [7, 11) is 6.36. The number of ether oxygens (including phenoxy) is 3. The number of benzene rings is 2. The third-order valence-electron chi connectivity index (χ3n) is 4.38. The van der Waals surface area contributed by atoms with Crippen LogP contribution in [-0.4, -0.2) is 33.0 Å². The van der Waals surface area contributed by atoms with Crippen LogP contribution in [0.15, 0.2) is 72.1 Å². The quantitative estimate of drug-likeness (QED) is 0.260. The molecule has 2 aromatic carbocycles. The van der Waals surface area contributed by atoms with Gasteiger partial charge in [-0.2, -0.15) is 0 Å². The van der Waals surface area contributed by atoms with Crippen molar-refractivity contribution in [2.24, 2.45) is 12.2 Å². The van der Waals surface area contributed by atoms with Crippen molar-refractivity contribution >= 4 is 11.7 Å². The summed E-state index contributed by atoms with van der Waals surface area (Å²) in [5.74, 6) is 0.446. The number of aromatic nitrogens is 1. The standard InChI is InChI=1S/C23H23N2O5/c1-25-12-8-11-17(15-25)21(16-9-6-5-7-10-16)24-30-23(26)18-13-19(27-2)22(29-4)20(14-18)28-3/h5-15H,1-4H3/q+1/b24-21+. The molecule has 0 atom stereocenters. The van der Waals surface area contributed by atoms with Crippen molar-refractivity contribution in [3.8, 4) is 17.2 Å². The third kappa shape index (κ3) is 4.57. The van der Waals surface area contributed by atoms with Gasteiger partial charge in [0.25, 0.3) is 0 Å². The van der Waals surface area contributed by atoms with E-state index in [1.165, 1.54) is 33.5 Å². The molecule has 0 aliphatic rings.